The van der Waals surface area contributed by atoms with Crippen molar-refractivity contribution in [1.82, 2.24) is 20.4 Å². The number of rotatable bonds is 7. The van der Waals surface area contributed by atoms with E-state index in [1.807, 2.05) is 31.2 Å². The van der Waals surface area contributed by atoms with Gasteiger partial charge in [0.1, 0.15) is 5.15 Å². The lowest BCUT2D eigenvalue weighted by atomic mass is 9.89. The molecule has 2 aromatic rings. The lowest BCUT2D eigenvalue weighted by Gasteiger charge is -2.20. The van der Waals surface area contributed by atoms with Crippen LogP contribution in [0.2, 0.25) is 5.15 Å². The van der Waals surface area contributed by atoms with Crippen molar-refractivity contribution in [3.8, 4) is 0 Å². The second kappa shape index (κ2) is 9.92. The first kappa shape index (κ1) is 21.4. The Morgan fingerprint density at radius 3 is 2.41 bits per heavy atom. The molecule has 0 bridgehead atoms. The first-order valence-corrected chi connectivity index (χ1v) is 10.7. The highest BCUT2D eigenvalue weighted by atomic mass is 35.5. The minimum atomic E-state index is -0.269. The van der Waals surface area contributed by atoms with Crippen LogP contribution in [0.4, 0.5) is 0 Å². The molecule has 0 aliphatic heterocycles. The van der Waals surface area contributed by atoms with Gasteiger partial charge in [-0.05, 0) is 32.3 Å². The summed E-state index contributed by atoms with van der Waals surface area (Å²) in [5, 5.41) is 10.5. The first-order chi connectivity index (χ1) is 14.0. The minimum absolute atomic E-state index is 0.0964. The average Bonchev–Trinajstić information content (AvgIpc) is 3.00. The Kier molecular flexibility index (Phi) is 7.31. The van der Waals surface area contributed by atoms with Crippen LogP contribution in [0.1, 0.15) is 59.3 Å². The van der Waals surface area contributed by atoms with E-state index in [9.17, 15) is 9.59 Å². The van der Waals surface area contributed by atoms with E-state index in [0.717, 1.165) is 31.2 Å². The van der Waals surface area contributed by atoms with Crippen LogP contribution in [-0.4, -0.2) is 34.7 Å². The maximum absolute atomic E-state index is 12.6. The monoisotopic (exact) mass is 416 g/mol. The van der Waals surface area contributed by atoms with Gasteiger partial charge in [-0.15, -0.1) is 0 Å². The third kappa shape index (κ3) is 5.60. The van der Waals surface area contributed by atoms with Gasteiger partial charge in [0.2, 0.25) is 5.91 Å². The zero-order valence-corrected chi connectivity index (χ0v) is 17.9. The van der Waals surface area contributed by atoms with Crippen molar-refractivity contribution in [3.63, 3.8) is 0 Å². The van der Waals surface area contributed by atoms with E-state index in [1.54, 1.807) is 11.6 Å². The van der Waals surface area contributed by atoms with Gasteiger partial charge in [0, 0.05) is 19.0 Å². The molecular formula is C22H29ClN4O2. The van der Waals surface area contributed by atoms with E-state index in [0.29, 0.717) is 36.0 Å². The van der Waals surface area contributed by atoms with Crippen molar-refractivity contribution in [1.29, 1.82) is 0 Å². The van der Waals surface area contributed by atoms with Crippen LogP contribution in [0.15, 0.2) is 24.3 Å². The highest BCUT2D eigenvalue weighted by Crippen LogP contribution is 2.23. The third-order valence-electron chi connectivity index (χ3n) is 5.43. The summed E-state index contributed by atoms with van der Waals surface area (Å²) < 4.78 is 1.64. The van der Waals surface area contributed by atoms with Gasteiger partial charge in [-0.2, -0.15) is 5.10 Å². The predicted octanol–water partition coefficient (Wildman–Crippen LogP) is 3.63. The lowest BCUT2D eigenvalue weighted by molar-refractivity contribution is -0.125. The minimum Gasteiger partial charge on any atom is -0.354 e. The Labute approximate surface area is 177 Å². The van der Waals surface area contributed by atoms with Gasteiger partial charge >= 0.3 is 0 Å². The van der Waals surface area contributed by atoms with Gasteiger partial charge < -0.3 is 10.6 Å². The summed E-state index contributed by atoms with van der Waals surface area (Å²) in [6, 6.07) is 8.12. The zero-order valence-electron chi connectivity index (χ0n) is 17.1. The fourth-order valence-electron chi connectivity index (χ4n) is 3.74. The number of nitrogens with one attached hydrogen (secondary N) is 2. The lowest BCUT2D eigenvalue weighted by Crippen LogP contribution is -2.38. The number of hydrogen-bond donors (Lipinski definition) is 2. The number of halogens is 1. The molecule has 1 aliphatic rings. The quantitative estimate of drug-likeness (QED) is 0.676. The normalized spacial score (nSPS) is 14.6. The fourth-order valence-corrected chi connectivity index (χ4v) is 4.06. The number of nitrogens with zero attached hydrogens (tertiary/aromatic N) is 2. The van der Waals surface area contributed by atoms with E-state index in [1.165, 1.54) is 12.0 Å². The van der Waals surface area contributed by atoms with Crippen molar-refractivity contribution in [3.05, 3.63) is 51.8 Å². The van der Waals surface area contributed by atoms with E-state index in [4.69, 9.17) is 11.6 Å². The molecule has 2 amide bonds. The number of hydrogen-bond acceptors (Lipinski definition) is 3. The van der Waals surface area contributed by atoms with Crippen LogP contribution in [0.25, 0.3) is 0 Å². The Balaban J connectivity index is 1.52. The molecule has 156 valence electrons. The van der Waals surface area contributed by atoms with Crippen LogP contribution < -0.4 is 10.6 Å². The molecule has 7 heteroatoms. The number of carbonyl (C=O) groups is 2. The summed E-state index contributed by atoms with van der Waals surface area (Å²) in [5.41, 5.74) is 3.23. The van der Waals surface area contributed by atoms with Crippen molar-refractivity contribution >= 4 is 23.4 Å². The molecule has 6 nitrogen and oxygen atoms in total. The van der Waals surface area contributed by atoms with Crippen LogP contribution in [-0.2, 0) is 11.3 Å². The molecule has 0 atom stereocenters. The summed E-state index contributed by atoms with van der Waals surface area (Å²) in [6.45, 7) is 5.09. The maximum atomic E-state index is 12.6. The predicted molar refractivity (Wildman–Crippen MR) is 114 cm³/mol. The molecule has 3 rings (SSSR count). The Hall–Kier alpha value is -2.34. The van der Waals surface area contributed by atoms with Gasteiger partial charge in [-0.3, -0.25) is 9.59 Å². The number of carbonyl (C=O) groups excluding carboxylic acids is 2. The Bertz CT molecular complexity index is 854. The number of aromatic nitrogens is 2. The highest BCUT2D eigenvalue weighted by molar-refractivity contribution is 6.33. The van der Waals surface area contributed by atoms with Crippen LogP contribution in [0.5, 0.6) is 0 Å². The first-order valence-electron chi connectivity index (χ1n) is 10.3. The largest absolute Gasteiger partial charge is 0.354 e. The molecule has 0 saturated heterocycles. The molecule has 1 saturated carbocycles. The molecule has 0 radical (unpaired) electrons. The highest BCUT2D eigenvalue weighted by Gasteiger charge is 2.22. The summed E-state index contributed by atoms with van der Waals surface area (Å²) in [5.74, 6) is -0.0511. The molecule has 1 aromatic heterocycles. The standard InChI is InChI=1S/C22H29ClN4O2/c1-15-8-10-17(11-9-15)14-27-20(23)19(16(2)26-27)22(29)25-13-12-24-21(28)18-6-4-3-5-7-18/h8-11,18H,3-7,12-14H2,1-2H3,(H,24,28)(H,25,29). The molecule has 1 heterocycles. The fraction of sp³-hybridized carbons (Fsp3) is 0.500. The van der Waals surface area contributed by atoms with Gasteiger partial charge in [0.05, 0.1) is 17.8 Å². The smallest absolute Gasteiger partial charge is 0.256 e. The molecule has 0 unspecified atom stereocenters. The van der Waals surface area contributed by atoms with Crippen LogP contribution >= 0.6 is 11.6 Å². The van der Waals surface area contributed by atoms with E-state index >= 15 is 0 Å². The Morgan fingerprint density at radius 2 is 1.72 bits per heavy atom. The van der Waals surface area contributed by atoms with Crippen LogP contribution in [0.3, 0.4) is 0 Å². The molecule has 1 fully saturated rings. The van der Waals surface area contributed by atoms with Gasteiger partial charge in [0.25, 0.3) is 5.91 Å². The number of amides is 2. The summed E-state index contributed by atoms with van der Waals surface area (Å²) in [7, 11) is 0. The van der Waals surface area contributed by atoms with Crippen molar-refractivity contribution in [2.45, 2.75) is 52.5 Å². The SMILES string of the molecule is Cc1ccc(Cn2nc(C)c(C(=O)NCCNC(=O)C3CCCCC3)c2Cl)cc1. The molecule has 2 N–H and O–H groups in total. The molecular weight excluding hydrogens is 388 g/mol. The van der Waals surface area contributed by atoms with Gasteiger partial charge in [-0.1, -0.05) is 60.7 Å². The van der Waals surface area contributed by atoms with Crippen molar-refractivity contribution in [2.75, 3.05) is 13.1 Å². The van der Waals surface area contributed by atoms with Crippen LogP contribution in [0, 0.1) is 19.8 Å². The van der Waals surface area contributed by atoms with Gasteiger partial charge in [0.15, 0.2) is 0 Å². The molecule has 1 aromatic carbocycles. The summed E-state index contributed by atoms with van der Waals surface area (Å²) in [6.07, 6.45) is 5.40. The number of benzene rings is 1. The summed E-state index contributed by atoms with van der Waals surface area (Å²) >= 11 is 6.44. The Morgan fingerprint density at radius 1 is 1.07 bits per heavy atom. The second-order valence-corrected chi connectivity index (χ2v) is 8.13. The van der Waals surface area contributed by atoms with E-state index in [-0.39, 0.29) is 17.7 Å². The number of aryl methyl sites for hydroxylation is 2. The second-order valence-electron chi connectivity index (χ2n) is 7.78. The zero-order chi connectivity index (χ0) is 20.8. The van der Waals surface area contributed by atoms with Gasteiger partial charge in [-0.25, -0.2) is 4.68 Å². The molecule has 0 spiro atoms. The molecule has 29 heavy (non-hydrogen) atoms. The van der Waals surface area contributed by atoms with E-state index < -0.39 is 0 Å². The maximum Gasteiger partial charge on any atom is 0.256 e. The summed E-state index contributed by atoms with van der Waals surface area (Å²) in [4.78, 5) is 24.7. The molecule has 1 aliphatic carbocycles. The van der Waals surface area contributed by atoms with Crippen molar-refractivity contribution in [2.24, 2.45) is 5.92 Å². The average molecular weight is 417 g/mol. The van der Waals surface area contributed by atoms with Crippen molar-refractivity contribution < 1.29 is 9.59 Å². The third-order valence-corrected chi connectivity index (χ3v) is 5.82. The van der Waals surface area contributed by atoms with E-state index in [2.05, 4.69) is 15.7 Å². The topological polar surface area (TPSA) is 76.0 Å².